The zero-order valence-corrected chi connectivity index (χ0v) is 20.8. The molecule has 35 heavy (non-hydrogen) atoms. The average molecular weight is 471 g/mol. The van der Waals surface area contributed by atoms with E-state index in [4.69, 9.17) is 24.9 Å². The molecule has 0 bridgehead atoms. The third-order valence-electron chi connectivity index (χ3n) is 6.21. The number of anilines is 1. The molecule has 0 saturated heterocycles. The maximum Gasteiger partial charge on any atom is 0.147 e. The molecule has 0 aliphatic carbocycles. The van der Waals surface area contributed by atoms with Crippen LogP contribution in [0.2, 0.25) is 0 Å². The molecular formula is C28H30N4O3. The predicted molar refractivity (Wildman–Crippen MR) is 137 cm³/mol. The van der Waals surface area contributed by atoms with Crippen molar-refractivity contribution < 1.29 is 14.2 Å². The third kappa shape index (κ3) is 4.53. The molecule has 4 rings (SSSR count). The Morgan fingerprint density at radius 2 is 1.80 bits per heavy atom. The van der Waals surface area contributed by atoms with Crippen molar-refractivity contribution >= 4 is 16.9 Å². The summed E-state index contributed by atoms with van der Waals surface area (Å²) in [5, 5.41) is 10.6. The van der Waals surface area contributed by atoms with Gasteiger partial charge in [0.05, 0.1) is 19.4 Å². The molecule has 7 heteroatoms. The number of hydrogen-bond acceptors (Lipinski definition) is 6. The summed E-state index contributed by atoms with van der Waals surface area (Å²) in [6, 6.07) is 16.0. The number of nitriles is 1. The second-order valence-electron chi connectivity index (χ2n) is 8.44. The highest BCUT2D eigenvalue weighted by molar-refractivity contribution is 5.92. The second kappa shape index (κ2) is 10.1. The minimum atomic E-state index is 0.362. The normalized spacial score (nSPS) is 11.0. The summed E-state index contributed by atoms with van der Waals surface area (Å²) in [7, 11) is 1.65. The van der Waals surface area contributed by atoms with Crippen LogP contribution in [-0.2, 0) is 18.0 Å². The molecule has 2 heterocycles. The van der Waals surface area contributed by atoms with E-state index >= 15 is 0 Å². The number of benzene rings is 2. The third-order valence-corrected chi connectivity index (χ3v) is 6.21. The number of fused-ring (bicyclic) bond motifs is 1. The van der Waals surface area contributed by atoms with Crippen molar-refractivity contribution in [2.45, 2.75) is 40.9 Å². The van der Waals surface area contributed by atoms with E-state index in [9.17, 15) is 5.26 Å². The molecule has 0 saturated carbocycles. The highest BCUT2D eigenvalue weighted by atomic mass is 16.5. The predicted octanol–water partition coefficient (Wildman–Crippen LogP) is 5.53. The lowest BCUT2D eigenvalue weighted by Crippen LogP contribution is -2.08. The molecule has 0 aliphatic heterocycles. The van der Waals surface area contributed by atoms with Crippen LogP contribution in [0.1, 0.15) is 40.4 Å². The number of rotatable bonds is 8. The van der Waals surface area contributed by atoms with Crippen LogP contribution in [0.25, 0.3) is 16.7 Å². The Hall–Kier alpha value is -4.02. The molecule has 4 aromatic rings. The van der Waals surface area contributed by atoms with Gasteiger partial charge in [0.15, 0.2) is 0 Å². The largest absolute Gasteiger partial charge is 0.497 e. The van der Waals surface area contributed by atoms with E-state index in [2.05, 4.69) is 6.07 Å². The fourth-order valence-corrected chi connectivity index (χ4v) is 4.25. The van der Waals surface area contributed by atoms with Crippen molar-refractivity contribution in [3.05, 3.63) is 76.0 Å². The Morgan fingerprint density at radius 1 is 1.06 bits per heavy atom. The van der Waals surface area contributed by atoms with Gasteiger partial charge in [0.25, 0.3) is 0 Å². The van der Waals surface area contributed by atoms with Crippen LogP contribution in [0.15, 0.2) is 42.5 Å². The Kier molecular flexibility index (Phi) is 6.94. The van der Waals surface area contributed by atoms with Crippen molar-refractivity contribution in [2.75, 3.05) is 19.5 Å². The van der Waals surface area contributed by atoms with E-state index < -0.39 is 0 Å². The lowest BCUT2D eigenvalue weighted by atomic mass is 10.1. The first kappa shape index (κ1) is 24.1. The summed E-state index contributed by atoms with van der Waals surface area (Å²) in [5.74, 6) is 1.91. The minimum absolute atomic E-state index is 0.362. The summed E-state index contributed by atoms with van der Waals surface area (Å²) in [6.07, 6.45) is 0. The summed E-state index contributed by atoms with van der Waals surface area (Å²) >= 11 is 0. The fourth-order valence-electron chi connectivity index (χ4n) is 4.25. The van der Waals surface area contributed by atoms with E-state index in [0.717, 1.165) is 45.1 Å². The Bertz CT molecular complexity index is 1420. The van der Waals surface area contributed by atoms with Crippen molar-refractivity contribution in [3.8, 4) is 23.3 Å². The van der Waals surface area contributed by atoms with Gasteiger partial charge in [0, 0.05) is 23.3 Å². The standard InChI is InChI=1S/C28H30N4O3/c1-6-34-16-21-13-23-24(14-29)27(30)32(28(23)31-19(21)4)26-17(2)7-12-25(18(26)3)35-15-20-8-10-22(33-5)11-9-20/h7-13H,6,15-16,30H2,1-5H3. The molecular weight excluding hydrogens is 440 g/mol. The van der Waals surface area contributed by atoms with Crippen LogP contribution in [0.3, 0.4) is 0 Å². The van der Waals surface area contributed by atoms with Gasteiger partial charge in [-0.1, -0.05) is 18.2 Å². The monoisotopic (exact) mass is 470 g/mol. The van der Waals surface area contributed by atoms with Crippen molar-refractivity contribution in [1.29, 1.82) is 5.26 Å². The summed E-state index contributed by atoms with van der Waals surface area (Å²) in [6.45, 7) is 9.37. The number of nitrogens with two attached hydrogens (primary N) is 1. The van der Waals surface area contributed by atoms with Gasteiger partial charge in [0.2, 0.25) is 0 Å². The first-order valence-electron chi connectivity index (χ1n) is 11.5. The van der Waals surface area contributed by atoms with Gasteiger partial charge in [-0.3, -0.25) is 4.57 Å². The van der Waals surface area contributed by atoms with Gasteiger partial charge in [-0.15, -0.1) is 0 Å². The van der Waals surface area contributed by atoms with Gasteiger partial charge < -0.3 is 19.9 Å². The molecule has 0 fully saturated rings. The van der Waals surface area contributed by atoms with E-state index in [1.807, 2.05) is 74.7 Å². The molecule has 0 unspecified atom stereocenters. The van der Waals surface area contributed by atoms with Gasteiger partial charge in [-0.2, -0.15) is 5.26 Å². The second-order valence-corrected chi connectivity index (χ2v) is 8.44. The molecule has 2 aromatic carbocycles. The molecule has 0 amide bonds. The quantitative estimate of drug-likeness (QED) is 0.364. The number of nitrogen functional groups attached to an aromatic ring is 1. The van der Waals surface area contributed by atoms with E-state index in [0.29, 0.717) is 42.2 Å². The smallest absolute Gasteiger partial charge is 0.147 e. The molecule has 2 N–H and O–H groups in total. The number of methoxy groups -OCH3 is 1. The number of pyridine rings is 1. The molecule has 0 aliphatic rings. The topological polar surface area (TPSA) is 95.3 Å². The van der Waals surface area contributed by atoms with Gasteiger partial charge >= 0.3 is 0 Å². The zero-order valence-electron chi connectivity index (χ0n) is 20.8. The van der Waals surface area contributed by atoms with Gasteiger partial charge in [-0.25, -0.2) is 4.98 Å². The van der Waals surface area contributed by atoms with E-state index in [1.54, 1.807) is 7.11 Å². The first-order valence-corrected chi connectivity index (χ1v) is 11.5. The van der Waals surface area contributed by atoms with Crippen molar-refractivity contribution in [1.82, 2.24) is 9.55 Å². The average Bonchev–Trinajstić information content (AvgIpc) is 3.12. The number of nitrogens with zero attached hydrogens (tertiary/aromatic N) is 3. The SMILES string of the molecule is CCOCc1cc2c(C#N)c(N)n(-c3c(C)ccc(OCc4ccc(OC)cc4)c3C)c2nc1C. The maximum atomic E-state index is 9.92. The Morgan fingerprint density at radius 3 is 2.46 bits per heavy atom. The van der Waals surface area contributed by atoms with Crippen LogP contribution in [0, 0.1) is 32.1 Å². The van der Waals surface area contributed by atoms with Gasteiger partial charge in [-0.05, 0) is 68.7 Å². The fraction of sp³-hybridized carbons (Fsp3) is 0.286. The Balaban J connectivity index is 1.79. The minimum Gasteiger partial charge on any atom is -0.497 e. The van der Waals surface area contributed by atoms with Crippen LogP contribution in [0.4, 0.5) is 5.82 Å². The summed E-state index contributed by atoms with van der Waals surface area (Å²) < 4.78 is 18.9. The van der Waals surface area contributed by atoms with Gasteiger partial charge in [0.1, 0.15) is 41.2 Å². The number of aromatic nitrogens is 2. The zero-order chi connectivity index (χ0) is 25.1. The molecule has 0 spiro atoms. The number of hydrogen-bond donors (Lipinski definition) is 1. The highest BCUT2D eigenvalue weighted by Crippen LogP contribution is 2.36. The molecule has 2 aromatic heterocycles. The number of aryl methyl sites for hydroxylation is 2. The molecule has 0 atom stereocenters. The van der Waals surface area contributed by atoms with Crippen LogP contribution >= 0.6 is 0 Å². The molecule has 7 nitrogen and oxygen atoms in total. The van der Waals surface area contributed by atoms with E-state index in [1.165, 1.54) is 0 Å². The Labute approximate surface area is 205 Å². The van der Waals surface area contributed by atoms with Crippen LogP contribution in [0.5, 0.6) is 11.5 Å². The summed E-state index contributed by atoms with van der Waals surface area (Å²) in [4.78, 5) is 4.86. The van der Waals surface area contributed by atoms with Crippen molar-refractivity contribution in [2.24, 2.45) is 0 Å². The highest BCUT2D eigenvalue weighted by Gasteiger charge is 2.22. The maximum absolute atomic E-state index is 9.92. The lowest BCUT2D eigenvalue weighted by molar-refractivity contribution is 0.133. The summed E-state index contributed by atoms with van der Waals surface area (Å²) in [5.41, 5.74) is 13.2. The first-order chi connectivity index (χ1) is 16.9. The molecule has 0 radical (unpaired) electrons. The lowest BCUT2D eigenvalue weighted by Gasteiger charge is -2.18. The van der Waals surface area contributed by atoms with Crippen molar-refractivity contribution in [3.63, 3.8) is 0 Å². The van der Waals surface area contributed by atoms with Crippen LogP contribution < -0.4 is 15.2 Å². The molecule has 180 valence electrons. The van der Waals surface area contributed by atoms with Crippen LogP contribution in [-0.4, -0.2) is 23.3 Å². The van der Waals surface area contributed by atoms with E-state index in [-0.39, 0.29) is 0 Å². The number of ether oxygens (including phenoxy) is 3.